The van der Waals surface area contributed by atoms with Crippen LogP contribution in [0.4, 0.5) is 0 Å². The summed E-state index contributed by atoms with van der Waals surface area (Å²) in [5.74, 6) is 0. The minimum atomic E-state index is -0.720. The van der Waals surface area contributed by atoms with E-state index in [1.807, 2.05) is 24.4 Å². The highest BCUT2D eigenvalue weighted by molar-refractivity contribution is 5.03. The van der Waals surface area contributed by atoms with E-state index in [-0.39, 0.29) is 0 Å². The van der Waals surface area contributed by atoms with Gasteiger partial charge in [-0.1, -0.05) is 6.07 Å². The molecule has 1 atom stereocenters. The molecule has 3 N–H and O–H groups in total. The smallest absolute Gasteiger partial charge is 0.0741 e. The van der Waals surface area contributed by atoms with Crippen LogP contribution in [0.5, 0.6) is 0 Å². The highest BCUT2D eigenvalue weighted by Crippen LogP contribution is 2.10. The van der Waals surface area contributed by atoms with E-state index in [4.69, 9.17) is 5.73 Å². The van der Waals surface area contributed by atoms with Crippen molar-refractivity contribution in [2.45, 2.75) is 31.8 Å². The first kappa shape index (κ1) is 15.1. The van der Waals surface area contributed by atoms with Crippen LogP contribution in [0.1, 0.15) is 25.5 Å². The summed E-state index contributed by atoms with van der Waals surface area (Å²) in [7, 11) is 2.10. The predicted octanol–water partition coefficient (Wildman–Crippen LogP) is 1.05. The van der Waals surface area contributed by atoms with E-state index in [0.717, 1.165) is 38.0 Å². The fourth-order valence-corrected chi connectivity index (χ4v) is 1.80. The highest BCUT2D eigenvalue weighted by atomic mass is 16.3. The van der Waals surface area contributed by atoms with Crippen molar-refractivity contribution >= 4 is 0 Å². The van der Waals surface area contributed by atoms with Crippen LogP contribution >= 0.6 is 0 Å². The fourth-order valence-electron chi connectivity index (χ4n) is 1.80. The number of aliphatic hydroxyl groups is 1. The molecule has 0 aliphatic rings. The van der Waals surface area contributed by atoms with E-state index in [0.29, 0.717) is 6.54 Å². The number of aromatic nitrogens is 1. The second-order valence-corrected chi connectivity index (χ2v) is 5.18. The summed E-state index contributed by atoms with van der Waals surface area (Å²) in [5.41, 5.74) is 5.89. The Morgan fingerprint density at radius 3 is 2.78 bits per heavy atom. The lowest BCUT2D eigenvalue weighted by atomic mass is 10.0. The molecule has 0 saturated carbocycles. The quantitative estimate of drug-likeness (QED) is 0.725. The van der Waals surface area contributed by atoms with Gasteiger partial charge < -0.3 is 15.7 Å². The Labute approximate surface area is 110 Å². The minimum Gasteiger partial charge on any atom is -0.389 e. The lowest BCUT2D eigenvalue weighted by Crippen LogP contribution is -2.35. The molecule has 0 spiro atoms. The summed E-state index contributed by atoms with van der Waals surface area (Å²) >= 11 is 0. The van der Waals surface area contributed by atoms with E-state index >= 15 is 0 Å². The predicted molar refractivity (Wildman–Crippen MR) is 74.4 cm³/mol. The Balaban J connectivity index is 2.16. The van der Waals surface area contributed by atoms with Crippen molar-refractivity contribution in [1.29, 1.82) is 0 Å². The summed E-state index contributed by atoms with van der Waals surface area (Å²) in [6, 6.07) is 6.00. The summed E-state index contributed by atoms with van der Waals surface area (Å²) in [6.07, 6.45) is 4.50. The lowest BCUT2D eigenvalue weighted by Gasteiger charge is -2.23. The topological polar surface area (TPSA) is 62.4 Å². The average molecular weight is 251 g/mol. The third-order valence-corrected chi connectivity index (χ3v) is 3.17. The van der Waals surface area contributed by atoms with E-state index < -0.39 is 5.60 Å². The molecule has 18 heavy (non-hydrogen) atoms. The SMILES string of the molecule is CN(CCCC(C)(O)CN)CCc1ccccn1. The van der Waals surface area contributed by atoms with Crippen molar-refractivity contribution in [3.8, 4) is 0 Å². The maximum atomic E-state index is 9.79. The molecule has 1 heterocycles. The summed E-state index contributed by atoms with van der Waals surface area (Å²) in [4.78, 5) is 6.57. The Morgan fingerprint density at radius 2 is 2.17 bits per heavy atom. The standard InChI is InChI=1S/C14H25N3O/c1-14(18,12-15)8-5-10-17(2)11-7-13-6-3-4-9-16-13/h3-4,6,9,18H,5,7-8,10-12,15H2,1-2H3. The van der Waals surface area contributed by atoms with Gasteiger partial charge in [0.2, 0.25) is 0 Å². The van der Waals surface area contributed by atoms with Gasteiger partial charge in [-0.15, -0.1) is 0 Å². The Bertz CT molecular complexity index is 327. The van der Waals surface area contributed by atoms with Gasteiger partial charge in [-0.25, -0.2) is 0 Å². The molecule has 4 heteroatoms. The van der Waals surface area contributed by atoms with Gasteiger partial charge in [0.15, 0.2) is 0 Å². The van der Waals surface area contributed by atoms with Crippen LogP contribution in [0.25, 0.3) is 0 Å². The Morgan fingerprint density at radius 1 is 1.39 bits per heavy atom. The molecule has 1 aromatic heterocycles. The number of pyridine rings is 1. The van der Waals surface area contributed by atoms with Gasteiger partial charge in [0.25, 0.3) is 0 Å². The van der Waals surface area contributed by atoms with Gasteiger partial charge in [0, 0.05) is 31.4 Å². The molecule has 4 nitrogen and oxygen atoms in total. The van der Waals surface area contributed by atoms with E-state index in [9.17, 15) is 5.11 Å². The van der Waals surface area contributed by atoms with Crippen molar-refractivity contribution in [1.82, 2.24) is 9.88 Å². The van der Waals surface area contributed by atoms with Gasteiger partial charge in [-0.05, 0) is 45.5 Å². The molecule has 102 valence electrons. The molecule has 1 unspecified atom stereocenters. The largest absolute Gasteiger partial charge is 0.389 e. The molecule has 0 aliphatic heterocycles. The summed E-state index contributed by atoms with van der Waals surface area (Å²) < 4.78 is 0. The molecule has 0 aliphatic carbocycles. The number of nitrogens with zero attached hydrogens (tertiary/aromatic N) is 2. The van der Waals surface area contributed by atoms with Crippen molar-refractivity contribution in [3.63, 3.8) is 0 Å². The molecular weight excluding hydrogens is 226 g/mol. The van der Waals surface area contributed by atoms with Crippen LogP contribution in [0.15, 0.2) is 24.4 Å². The fraction of sp³-hybridized carbons (Fsp3) is 0.643. The highest BCUT2D eigenvalue weighted by Gasteiger charge is 2.17. The van der Waals surface area contributed by atoms with Crippen LogP contribution in [0.3, 0.4) is 0 Å². The van der Waals surface area contributed by atoms with E-state index in [1.54, 1.807) is 6.92 Å². The molecule has 0 radical (unpaired) electrons. The van der Waals surface area contributed by atoms with E-state index in [1.165, 1.54) is 0 Å². The number of rotatable bonds is 8. The van der Waals surface area contributed by atoms with Crippen molar-refractivity contribution in [3.05, 3.63) is 30.1 Å². The van der Waals surface area contributed by atoms with Gasteiger partial charge in [-0.2, -0.15) is 0 Å². The minimum absolute atomic E-state index is 0.324. The molecule has 0 bridgehead atoms. The van der Waals surface area contributed by atoms with Gasteiger partial charge in [0.05, 0.1) is 5.60 Å². The molecule has 1 aromatic rings. The average Bonchev–Trinajstić information content (AvgIpc) is 2.37. The van der Waals surface area contributed by atoms with E-state index in [2.05, 4.69) is 16.9 Å². The third kappa shape index (κ3) is 6.10. The molecule has 0 amide bonds. The molecule has 0 saturated heterocycles. The molecular formula is C14H25N3O. The molecule has 0 aromatic carbocycles. The first-order chi connectivity index (χ1) is 8.53. The second kappa shape index (κ2) is 7.46. The van der Waals surface area contributed by atoms with Crippen LogP contribution in [-0.2, 0) is 6.42 Å². The maximum absolute atomic E-state index is 9.79. The van der Waals surface area contributed by atoms with Crippen LogP contribution in [0.2, 0.25) is 0 Å². The Kier molecular flexibility index (Phi) is 6.25. The number of nitrogens with two attached hydrogens (primary N) is 1. The zero-order valence-corrected chi connectivity index (χ0v) is 11.5. The second-order valence-electron chi connectivity index (χ2n) is 5.18. The summed E-state index contributed by atoms with van der Waals surface area (Å²) in [6.45, 7) is 4.08. The van der Waals surface area contributed by atoms with Gasteiger partial charge in [0.1, 0.15) is 0 Å². The lowest BCUT2D eigenvalue weighted by molar-refractivity contribution is 0.0553. The van der Waals surface area contributed by atoms with Crippen LogP contribution in [-0.4, -0.2) is 47.3 Å². The Hall–Kier alpha value is -0.970. The van der Waals surface area contributed by atoms with Gasteiger partial charge in [-0.3, -0.25) is 4.98 Å². The third-order valence-electron chi connectivity index (χ3n) is 3.17. The van der Waals surface area contributed by atoms with Gasteiger partial charge >= 0.3 is 0 Å². The molecule has 0 fully saturated rings. The zero-order chi connectivity index (χ0) is 13.4. The van der Waals surface area contributed by atoms with Crippen molar-refractivity contribution < 1.29 is 5.11 Å². The first-order valence-corrected chi connectivity index (χ1v) is 6.54. The first-order valence-electron chi connectivity index (χ1n) is 6.54. The summed E-state index contributed by atoms with van der Waals surface area (Å²) in [5, 5.41) is 9.79. The zero-order valence-electron chi connectivity index (χ0n) is 11.5. The number of hydrogen-bond donors (Lipinski definition) is 2. The number of likely N-dealkylation sites (N-methyl/N-ethyl adjacent to an activating group) is 1. The normalized spacial score (nSPS) is 14.7. The maximum Gasteiger partial charge on any atom is 0.0741 e. The van der Waals surface area contributed by atoms with Crippen molar-refractivity contribution in [2.24, 2.45) is 5.73 Å². The van der Waals surface area contributed by atoms with Crippen molar-refractivity contribution in [2.75, 3.05) is 26.7 Å². The van der Waals surface area contributed by atoms with Crippen LogP contribution < -0.4 is 5.73 Å². The number of hydrogen-bond acceptors (Lipinski definition) is 4. The molecule has 1 rings (SSSR count). The van der Waals surface area contributed by atoms with Crippen LogP contribution in [0, 0.1) is 0 Å². The monoisotopic (exact) mass is 251 g/mol.